The van der Waals surface area contributed by atoms with Gasteiger partial charge >= 0.3 is 0 Å². The van der Waals surface area contributed by atoms with E-state index in [2.05, 4.69) is 56.4 Å². The summed E-state index contributed by atoms with van der Waals surface area (Å²) in [5.41, 5.74) is 0. The molecule has 0 aromatic carbocycles. The molecule has 0 atom stereocenters. The fourth-order valence-corrected chi connectivity index (χ4v) is 10.1. The summed E-state index contributed by atoms with van der Waals surface area (Å²) in [5.74, 6) is 0. The SMILES string of the molecule is C[N+](C)(CCCCC[N+](C)(C)C1CCCCC1)C1CCCCC1.C[N+](C)(CCCC[N+](C)(C)C1CCCCC1)C1CCCCC1. The zero-order valence-electron chi connectivity index (χ0n) is 32.6. The smallest absolute Gasteiger partial charge is 0.0886 e. The number of hydrogen-bond donors (Lipinski definition) is 0. The van der Waals surface area contributed by atoms with Crippen LogP contribution in [0.25, 0.3) is 0 Å². The van der Waals surface area contributed by atoms with Gasteiger partial charge in [-0.25, -0.2) is 0 Å². The van der Waals surface area contributed by atoms with Gasteiger partial charge in [0.25, 0.3) is 0 Å². The molecule has 0 unspecified atom stereocenters. The van der Waals surface area contributed by atoms with Gasteiger partial charge in [0.05, 0.1) is 107 Å². The van der Waals surface area contributed by atoms with Crippen molar-refractivity contribution in [1.29, 1.82) is 0 Å². The van der Waals surface area contributed by atoms with E-state index >= 15 is 0 Å². The lowest BCUT2D eigenvalue weighted by Crippen LogP contribution is -2.51. The van der Waals surface area contributed by atoms with Crippen LogP contribution in [0.3, 0.4) is 0 Å². The number of hydrogen-bond acceptors (Lipinski definition) is 0. The Balaban J connectivity index is 0.000000246. The fraction of sp³-hybridized carbons (Fsp3) is 1.00. The third kappa shape index (κ3) is 13.7. The van der Waals surface area contributed by atoms with Crippen LogP contribution in [-0.2, 0) is 0 Å². The van der Waals surface area contributed by atoms with Gasteiger partial charge in [0.15, 0.2) is 0 Å². The second kappa shape index (κ2) is 19.1. The van der Waals surface area contributed by atoms with E-state index < -0.39 is 0 Å². The lowest BCUT2D eigenvalue weighted by atomic mass is 9.92. The molecule has 4 aliphatic rings. The second-order valence-electron chi connectivity index (χ2n) is 18.9. The van der Waals surface area contributed by atoms with Crippen molar-refractivity contribution >= 4 is 0 Å². The normalized spacial score (nSPS) is 22.7. The van der Waals surface area contributed by atoms with Crippen molar-refractivity contribution in [3.63, 3.8) is 0 Å². The van der Waals surface area contributed by atoms with Gasteiger partial charge in [0, 0.05) is 12.8 Å². The molecular weight excluding hydrogens is 548 g/mol. The maximum Gasteiger partial charge on any atom is 0.0886 e. The Labute approximate surface area is 284 Å². The van der Waals surface area contributed by atoms with E-state index in [9.17, 15) is 0 Å². The molecule has 4 nitrogen and oxygen atoms in total. The van der Waals surface area contributed by atoms with Crippen molar-refractivity contribution in [1.82, 2.24) is 0 Å². The Morgan fingerprint density at radius 3 is 0.644 bits per heavy atom. The summed E-state index contributed by atoms with van der Waals surface area (Å²) in [4.78, 5) is 0. The lowest BCUT2D eigenvalue weighted by molar-refractivity contribution is -0.922. The highest BCUT2D eigenvalue weighted by Crippen LogP contribution is 2.29. The minimum absolute atomic E-state index is 0.939. The number of unbranched alkanes of at least 4 members (excludes halogenated alkanes) is 3. The van der Waals surface area contributed by atoms with Gasteiger partial charge in [-0.15, -0.1) is 0 Å². The molecule has 0 bridgehead atoms. The van der Waals surface area contributed by atoms with E-state index in [1.807, 2.05) is 0 Å². The van der Waals surface area contributed by atoms with Gasteiger partial charge in [-0.05, 0) is 122 Å². The molecule has 4 fully saturated rings. The first kappa shape index (κ1) is 39.3. The van der Waals surface area contributed by atoms with Crippen LogP contribution >= 0.6 is 0 Å². The molecule has 0 heterocycles. The Bertz CT molecular complexity index is 698. The second-order valence-corrected chi connectivity index (χ2v) is 18.9. The van der Waals surface area contributed by atoms with Crippen LogP contribution in [0.2, 0.25) is 0 Å². The number of nitrogens with zero attached hydrogens (tertiary/aromatic N) is 4. The average molecular weight is 635 g/mol. The molecule has 4 rings (SSSR count). The van der Waals surface area contributed by atoms with Gasteiger partial charge < -0.3 is 17.9 Å². The third-order valence-electron chi connectivity index (χ3n) is 13.9. The largest absolute Gasteiger partial charge is 0.326 e. The van der Waals surface area contributed by atoms with E-state index in [0.717, 1.165) is 24.2 Å². The molecule has 0 amide bonds. The van der Waals surface area contributed by atoms with Crippen molar-refractivity contribution < 1.29 is 17.9 Å². The summed E-state index contributed by atoms with van der Waals surface area (Å²) >= 11 is 0. The summed E-state index contributed by atoms with van der Waals surface area (Å²) < 4.78 is 5.11. The molecule has 0 aromatic rings. The summed E-state index contributed by atoms with van der Waals surface area (Å²) in [6.45, 7) is 5.55. The lowest BCUT2D eigenvalue weighted by Gasteiger charge is -2.42. The standard InChI is InChI=1S/C21H44N2.C20H42N2/c1-22(2,20-14-8-5-9-15-20)18-12-7-13-19-23(3,4)21-16-10-6-11-17-21;1-21(2,19-13-7-5-8-14-19)17-11-12-18-22(3,4)20-15-9-6-10-16-20/h20-21H,5-19H2,1-4H3;19-20H,5-18H2,1-4H3/q2*+2. The van der Waals surface area contributed by atoms with Gasteiger partial charge in [-0.3, -0.25) is 0 Å². The first-order valence-electron chi connectivity index (χ1n) is 20.6. The quantitative estimate of drug-likeness (QED) is 0.124. The zero-order valence-corrected chi connectivity index (χ0v) is 32.6. The predicted octanol–water partition coefficient (Wildman–Crippen LogP) is 9.56. The minimum Gasteiger partial charge on any atom is -0.326 e. The van der Waals surface area contributed by atoms with Crippen LogP contribution in [0.15, 0.2) is 0 Å². The van der Waals surface area contributed by atoms with Crippen LogP contribution in [0.1, 0.15) is 161 Å². The molecule has 4 aliphatic carbocycles. The summed E-state index contributed by atoms with van der Waals surface area (Å²) in [6, 6.07) is 3.76. The number of rotatable bonds is 15. The van der Waals surface area contributed by atoms with Gasteiger partial charge in [-0.2, -0.15) is 0 Å². The summed E-state index contributed by atoms with van der Waals surface area (Å²) in [5, 5.41) is 0. The van der Waals surface area contributed by atoms with Crippen molar-refractivity contribution in [3.8, 4) is 0 Å². The minimum atomic E-state index is 0.939. The molecule has 0 spiro atoms. The molecule has 4 saturated carbocycles. The van der Waals surface area contributed by atoms with Gasteiger partial charge in [0.2, 0.25) is 0 Å². The first-order chi connectivity index (χ1) is 21.3. The van der Waals surface area contributed by atoms with E-state index in [-0.39, 0.29) is 0 Å². The van der Waals surface area contributed by atoms with Crippen LogP contribution < -0.4 is 0 Å². The van der Waals surface area contributed by atoms with Crippen molar-refractivity contribution in [3.05, 3.63) is 0 Å². The first-order valence-corrected chi connectivity index (χ1v) is 20.6. The van der Waals surface area contributed by atoms with Crippen molar-refractivity contribution in [2.24, 2.45) is 0 Å². The Morgan fingerprint density at radius 2 is 0.444 bits per heavy atom. The van der Waals surface area contributed by atoms with Gasteiger partial charge in [0.1, 0.15) is 0 Å². The Morgan fingerprint density at radius 1 is 0.267 bits per heavy atom. The highest BCUT2D eigenvalue weighted by molar-refractivity contribution is 4.69. The van der Waals surface area contributed by atoms with E-state index in [4.69, 9.17) is 0 Å². The number of quaternary nitrogens is 4. The monoisotopic (exact) mass is 635 g/mol. The van der Waals surface area contributed by atoms with E-state index in [0.29, 0.717) is 0 Å². The zero-order chi connectivity index (χ0) is 32.8. The van der Waals surface area contributed by atoms with Gasteiger partial charge in [-0.1, -0.05) is 25.7 Å². The average Bonchev–Trinajstić information content (AvgIpc) is 3.05. The molecule has 0 aromatic heterocycles. The highest BCUT2D eigenvalue weighted by atomic mass is 15.3. The maximum absolute atomic E-state index is 2.48. The summed E-state index contributed by atoms with van der Waals surface area (Å²) in [6.07, 6.45) is 36.5. The molecule has 45 heavy (non-hydrogen) atoms. The van der Waals surface area contributed by atoms with Crippen LogP contribution in [0.5, 0.6) is 0 Å². The molecule has 266 valence electrons. The third-order valence-corrected chi connectivity index (χ3v) is 13.9. The van der Waals surface area contributed by atoms with Crippen LogP contribution in [0.4, 0.5) is 0 Å². The fourth-order valence-electron chi connectivity index (χ4n) is 10.1. The molecule has 4 heteroatoms. The molecule has 0 radical (unpaired) electrons. The van der Waals surface area contributed by atoms with Crippen molar-refractivity contribution in [2.45, 2.75) is 185 Å². The van der Waals surface area contributed by atoms with Crippen molar-refractivity contribution in [2.75, 3.05) is 82.6 Å². The molecule has 0 aliphatic heterocycles. The Hall–Kier alpha value is -0.160. The summed E-state index contributed by atoms with van der Waals surface area (Å²) in [7, 11) is 19.9. The molecule has 0 N–H and O–H groups in total. The molecule has 0 saturated heterocycles. The van der Waals surface area contributed by atoms with E-state index in [1.54, 1.807) is 0 Å². The van der Waals surface area contributed by atoms with Crippen LogP contribution in [-0.4, -0.2) is 125 Å². The molecular formula is C41H86N4+4. The highest BCUT2D eigenvalue weighted by Gasteiger charge is 2.33. The van der Waals surface area contributed by atoms with Crippen LogP contribution in [0, 0.1) is 0 Å². The Kier molecular flexibility index (Phi) is 16.7. The maximum atomic E-state index is 2.48. The topological polar surface area (TPSA) is 0 Å². The van der Waals surface area contributed by atoms with E-state index in [1.165, 1.54) is 205 Å². The predicted molar refractivity (Wildman–Crippen MR) is 198 cm³/mol.